The second-order valence-corrected chi connectivity index (χ2v) is 8.62. The number of hydrogen-bond donors (Lipinski definition) is 0. The standard InChI is InChI=1S/C35H38N2/c1-9-16-23-27(13-5)37-31(14-6)30(21-11-3)34-29(20-10-2)26(8)36(28-24-18-17-19-25-28)32(15-7)35(34)33(37)22-12-4/h9-25,34H,1,4,6-7H2,2-3,5,8H3/b20-10-,21-11-,23-16-,27-13+,33-22+. The van der Waals surface area contributed by atoms with Crippen LogP contribution in [0.3, 0.4) is 0 Å². The second kappa shape index (κ2) is 12.6. The molecular weight excluding hydrogens is 448 g/mol. The number of nitrogens with zero attached hydrogens (tertiary/aromatic N) is 2. The van der Waals surface area contributed by atoms with Gasteiger partial charge in [-0.1, -0.05) is 93.1 Å². The zero-order valence-corrected chi connectivity index (χ0v) is 22.6. The first-order chi connectivity index (χ1) is 18.0. The molecule has 2 aliphatic rings. The Kier molecular flexibility index (Phi) is 9.29. The van der Waals surface area contributed by atoms with Gasteiger partial charge in [0.15, 0.2) is 0 Å². The summed E-state index contributed by atoms with van der Waals surface area (Å²) in [4.78, 5) is 4.57. The molecule has 0 N–H and O–H groups in total. The Balaban J connectivity index is 2.58. The van der Waals surface area contributed by atoms with Crippen LogP contribution in [-0.4, -0.2) is 4.90 Å². The van der Waals surface area contributed by atoms with Crippen LogP contribution in [0.5, 0.6) is 0 Å². The number of anilines is 1. The third-order valence-corrected chi connectivity index (χ3v) is 6.56. The number of hydrogen-bond acceptors (Lipinski definition) is 2. The maximum Gasteiger partial charge on any atom is 0.0524 e. The van der Waals surface area contributed by atoms with E-state index in [2.05, 4.69) is 124 Å². The Morgan fingerprint density at radius 3 is 2.03 bits per heavy atom. The van der Waals surface area contributed by atoms with Crippen LogP contribution in [0.1, 0.15) is 27.7 Å². The van der Waals surface area contributed by atoms with E-state index in [0.717, 1.165) is 28.5 Å². The highest BCUT2D eigenvalue weighted by atomic mass is 15.2. The van der Waals surface area contributed by atoms with Crippen molar-refractivity contribution in [1.82, 2.24) is 4.90 Å². The molecule has 0 amide bonds. The normalized spacial score (nSPS) is 20.1. The molecule has 0 bridgehead atoms. The molecule has 37 heavy (non-hydrogen) atoms. The summed E-state index contributed by atoms with van der Waals surface area (Å²) in [6.45, 7) is 24.9. The maximum absolute atomic E-state index is 4.29. The molecule has 0 saturated carbocycles. The molecule has 2 nitrogen and oxygen atoms in total. The van der Waals surface area contributed by atoms with Crippen LogP contribution in [0.4, 0.5) is 5.69 Å². The van der Waals surface area contributed by atoms with E-state index in [1.165, 1.54) is 22.4 Å². The van der Waals surface area contributed by atoms with Gasteiger partial charge in [0.1, 0.15) is 0 Å². The van der Waals surface area contributed by atoms with Crippen LogP contribution in [0.25, 0.3) is 0 Å². The van der Waals surface area contributed by atoms with Gasteiger partial charge in [0.05, 0.1) is 11.4 Å². The van der Waals surface area contributed by atoms with Crippen molar-refractivity contribution in [2.24, 2.45) is 5.92 Å². The average molecular weight is 487 g/mol. The molecule has 3 rings (SSSR count). The van der Waals surface area contributed by atoms with Crippen molar-refractivity contribution in [3.05, 3.63) is 175 Å². The van der Waals surface area contributed by atoms with E-state index in [1.807, 2.05) is 37.3 Å². The Hall–Kier alpha value is -4.30. The Morgan fingerprint density at radius 2 is 1.49 bits per heavy atom. The number of para-hydroxylation sites is 1. The van der Waals surface area contributed by atoms with Gasteiger partial charge in [-0.2, -0.15) is 0 Å². The summed E-state index contributed by atoms with van der Waals surface area (Å²) in [6.07, 6.45) is 24.5. The fourth-order valence-electron chi connectivity index (χ4n) is 5.17. The molecule has 1 atom stereocenters. The minimum Gasteiger partial charge on any atom is -0.314 e. The van der Waals surface area contributed by atoms with Gasteiger partial charge in [0.25, 0.3) is 0 Å². The monoisotopic (exact) mass is 486 g/mol. The van der Waals surface area contributed by atoms with Crippen molar-refractivity contribution in [1.29, 1.82) is 0 Å². The number of rotatable bonds is 9. The number of allylic oxidation sites excluding steroid dienone is 16. The van der Waals surface area contributed by atoms with Crippen molar-refractivity contribution in [3.8, 4) is 0 Å². The van der Waals surface area contributed by atoms with Crippen molar-refractivity contribution in [3.63, 3.8) is 0 Å². The third kappa shape index (κ3) is 5.01. The lowest BCUT2D eigenvalue weighted by molar-refractivity contribution is 0.513. The summed E-state index contributed by atoms with van der Waals surface area (Å²) < 4.78 is 0. The van der Waals surface area contributed by atoms with E-state index >= 15 is 0 Å². The predicted molar refractivity (Wildman–Crippen MR) is 162 cm³/mol. The molecule has 0 fully saturated rings. The molecule has 188 valence electrons. The first-order valence-corrected chi connectivity index (χ1v) is 12.7. The SMILES string of the molecule is C=C/C=C\C(=C/C)N1C(C=C)=C(/C=C\C)C2C(/C=C\C)=C(C)N(c3ccccc3)C(C=C)=C2/C1=C\C=C. The molecular formula is C35H38N2. The smallest absolute Gasteiger partial charge is 0.0524 e. The van der Waals surface area contributed by atoms with E-state index in [-0.39, 0.29) is 5.92 Å². The van der Waals surface area contributed by atoms with Crippen molar-refractivity contribution < 1.29 is 0 Å². The Labute approximate surface area is 223 Å². The molecule has 1 aromatic carbocycles. The molecule has 0 aromatic heterocycles. The third-order valence-electron chi connectivity index (χ3n) is 6.56. The van der Waals surface area contributed by atoms with Gasteiger partial charge in [0.2, 0.25) is 0 Å². The van der Waals surface area contributed by atoms with Gasteiger partial charge in [-0.25, -0.2) is 0 Å². The van der Waals surface area contributed by atoms with Crippen molar-refractivity contribution in [2.75, 3.05) is 4.90 Å². The van der Waals surface area contributed by atoms with Gasteiger partial charge in [0, 0.05) is 34.3 Å². The van der Waals surface area contributed by atoms with Crippen LogP contribution in [-0.2, 0) is 0 Å². The molecule has 2 heteroatoms. The fraction of sp³-hybridized carbons (Fsp3) is 0.143. The minimum atomic E-state index is -0.00250. The van der Waals surface area contributed by atoms with Gasteiger partial charge in [-0.15, -0.1) is 0 Å². The Bertz CT molecular complexity index is 1320. The summed E-state index contributed by atoms with van der Waals surface area (Å²) in [5.74, 6) is -0.00250. The lowest BCUT2D eigenvalue weighted by Gasteiger charge is -2.47. The second-order valence-electron chi connectivity index (χ2n) is 8.62. The zero-order chi connectivity index (χ0) is 26.9. The molecule has 1 aromatic rings. The molecule has 0 spiro atoms. The van der Waals surface area contributed by atoms with Crippen LogP contribution >= 0.6 is 0 Å². The topological polar surface area (TPSA) is 6.48 Å². The van der Waals surface area contributed by atoms with Crippen LogP contribution < -0.4 is 4.90 Å². The highest BCUT2D eigenvalue weighted by Gasteiger charge is 2.41. The first-order valence-electron chi connectivity index (χ1n) is 12.7. The molecule has 0 radical (unpaired) electrons. The largest absolute Gasteiger partial charge is 0.314 e. The lowest BCUT2D eigenvalue weighted by atomic mass is 9.73. The summed E-state index contributed by atoms with van der Waals surface area (Å²) in [7, 11) is 0. The highest BCUT2D eigenvalue weighted by Crippen LogP contribution is 2.51. The minimum absolute atomic E-state index is 0.00250. The van der Waals surface area contributed by atoms with Crippen LogP contribution in [0.2, 0.25) is 0 Å². The molecule has 2 aliphatic heterocycles. The van der Waals surface area contributed by atoms with E-state index in [0.29, 0.717) is 0 Å². The summed E-state index contributed by atoms with van der Waals surface area (Å²) in [5, 5.41) is 0. The Morgan fingerprint density at radius 1 is 0.838 bits per heavy atom. The number of benzene rings is 1. The van der Waals surface area contributed by atoms with Gasteiger partial charge >= 0.3 is 0 Å². The van der Waals surface area contributed by atoms with E-state index in [1.54, 1.807) is 6.08 Å². The van der Waals surface area contributed by atoms with E-state index in [4.69, 9.17) is 0 Å². The van der Waals surface area contributed by atoms with Gasteiger partial charge < -0.3 is 9.80 Å². The number of fused-ring (bicyclic) bond motifs is 1. The molecule has 0 aliphatic carbocycles. The lowest BCUT2D eigenvalue weighted by Crippen LogP contribution is -2.38. The quantitative estimate of drug-likeness (QED) is 0.321. The fourth-order valence-corrected chi connectivity index (χ4v) is 5.17. The van der Waals surface area contributed by atoms with Crippen molar-refractivity contribution >= 4 is 5.69 Å². The molecule has 2 heterocycles. The van der Waals surface area contributed by atoms with Crippen molar-refractivity contribution in [2.45, 2.75) is 27.7 Å². The summed E-state index contributed by atoms with van der Waals surface area (Å²) >= 11 is 0. The van der Waals surface area contributed by atoms with E-state index in [9.17, 15) is 0 Å². The summed E-state index contributed by atoms with van der Waals surface area (Å²) in [5.41, 5.74) is 9.99. The average Bonchev–Trinajstić information content (AvgIpc) is 2.92. The molecule has 1 unspecified atom stereocenters. The maximum atomic E-state index is 4.29. The van der Waals surface area contributed by atoms with Gasteiger partial charge in [-0.05, 0) is 75.3 Å². The zero-order valence-electron chi connectivity index (χ0n) is 22.6. The predicted octanol–water partition coefficient (Wildman–Crippen LogP) is 9.46. The molecule has 0 saturated heterocycles. The van der Waals surface area contributed by atoms with Crippen LogP contribution in [0.15, 0.2) is 175 Å². The summed E-state index contributed by atoms with van der Waals surface area (Å²) in [6, 6.07) is 10.5. The first kappa shape index (κ1) is 27.3. The van der Waals surface area contributed by atoms with Crippen LogP contribution in [0, 0.1) is 5.92 Å². The van der Waals surface area contributed by atoms with E-state index < -0.39 is 0 Å². The highest BCUT2D eigenvalue weighted by molar-refractivity contribution is 5.73. The van der Waals surface area contributed by atoms with Gasteiger partial charge in [-0.3, -0.25) is 0 Å².